The van der Waals surface area contributed by atoms with E-state index in [1.54, 1.807) is 0 Å². The summed E-state index contributed by atoms with van der Waals surface area (Å²) in [7, 11) is 0. The van der Waals surface area contributed by atoms with Gasteiger partial charge in [-0.2, -0.15) is 5.10 Å². The third kappa shape index (κ3) is 3.79. The van der Waals surface area contributed by atoms with Crippen molar-refractivity contribution in [2.75, 3.05) is 16.5 Å². The number of para-hydroxylation sites is 2. The molecule has 5 aromatic rings. The van der Waals surface area contributed by atoms with Crippen LogP contribution in [-0.2, 0) is 20.1 Å². The lowest BCUT2D eigenvalue weighted by molar-refractivity contribution is -0.134. The summed E-state index contributed by atoms with van der Waals surface area (Å²) >= 11 is 1.44. The number of carbonyl (C=O) groups excluding carboxylic acids is 1. The van der Waals surface area contributed by atoms with Crippen LogP contribution in [0.5, 0.6) is 0 Å². The number of carbonyl (C=O) groups is 1. The zero-order valence-electron chi connectivity index (χ0n) is 23.1. The quantitative estimate of drug-likeness (QED) is 0.196. The average Bonchev–Trinajstić information content (AvgIpc) is 3.58. The molecule has 5 nitrogen and oxygen atoms in total. The molecule has 206 valence electrons. The van der Waals surface area contributed by atoms with Crippen LogP contribution in [0.25, 0.3) is 0 Å². The van der Waals surface area contributed by atoms with E-state index in [0.29, 0.717) is 5.04 Å². The Labute approximate surface area is 250 Å². The number of hydrogen-bond donors (Lipinski definition) is 0. The van der Waals surface area contributed by atoms with Crippen LogP contribution in [0.3, 0.4) is 0 Å². The highest BCUT2D eigenvalue weighted by atomic mass is 32.2. The van der Waals surface area contributed by atoms with E-state index in [2.05, 4.69) is 102 Å². The van der Waals surface area contributed by atoms with Gasteiger partial charge >= 0.3 is 5.97 Å². The fourth-order valence-electron chi connectivity index (χ4n) is 6.33. The Morgan fingerprint density at radius 2 is 1.14 bits per heavy atom. The predicted molar refractivity (Wildman–Crippen MR) is 170 cm³/mol. The van der Waals surface area contributed by atoms with Crippen molar-refractivity contribution in [1.29, 1.82) is 0 Å². The number of fused-ring (bicyclic) bond motifs is 2. The molecule has 0 N–H and O–H groups in total. The summed E-state index contributed by atoms with van der Waals surface area (Å²) in [6.07, 6.45) is 0. The molecule has 7 rings (SSSR count). The molecule has 0 saturated heterocycles. The highest BCUT2D eigenvalue weighted by Crippen LogP contribution is 2.65. The Kier molecular flexibility index (Phi) is 6.56. The molecular formula is C36H29N3O2S. The van der Waals surface area contributed by atoms with Crippen LogP contribution >= 0.6 is 11.8 Å². The predicted octanol–water partition coefficient (Wildman–Crippen LogP) is 7.74. The molecule has 5 aromatic carbocycles. The summed E-state index contributed by atoms with van der Waals surface area (Å²) in [4.78, 5) is 14.9. The van der Waals surface area contributed by atoms with Gasteiger partial charge in [0.05, 0.1) is 12.3 Å². The second-order valence-corrected chi connectivity index (χ2v) is 11.3. The van der Waals surface area contributed by atoms with Gasteiger partial charge in [-0.15, -0.1) is 0 Å². The number of rotatable bonds is 6. The number of hydrazone groups is 1. The molecule has 1 atom stereocenters. The Morgan fingerprint density at radius 1 is 0.667 bits per heavy atom. The first-order chi connectivity index (χ1) is 20.7. The smallest absolute Gasteiger partial charge is 0.365 e. The summed E-state index contributed by atoms with van der Waals surface area (Å²) in [6.45, 7) is 2.09. The van der Waals surface area contributed by atoms with Crippen molar-refractivity contribution in [1.82, 2.24) is 0 Å². The highest BCUT2D eigenvalue weighted by Gasteiger charge is 2.66. The Balaban J connectivity index is 1.63. The zero-order valence-corrected chi connectivity index (χ0v) is 23.9. The summed E-state index contributed by atoms with van der Waals surface area (Å²) in [5, 5.41) is 7.35. The average molecular weight is 568 g/mol. The molecular weight excluding hydrogens is 538 g/mol. The summed E-state index contributed by atoms with van der Waals surface area (Å²) in [6, 6.07) is 50.3. The molecule has 0 bridgehead atoms. The Morgan fingerprint density at radius 3 is 1.69 bits per heavy atom. The minimum atomic E-state index is -0.965. The van der Waals surface area contributed by atoms with Gasteiger partial charge in [0, 0.05) is 11.3 Å². The number of esters is 1. The summed E-state index contributed by atoms with van der Waals surface area (Å²) in [5.74, 6) is -0.428. The van der Waals surface area contributed by atoms with Crippen LogP contribution in [0.15, 0.2) is 151 Å². The molecule has 0 saturated carbocycles. The normalized spacial score (nSPS) is 18.5. The van der Waals surface area contributed by atoms with Crippen molar-refractivity contribution >= 4 is 34.1 Å². The van der Waals surface area contributed by atoms with E-state index in [9.17, 15) is 4.79 Å². The van der Waals surface area contributed by atoms with E-state index in [1.807, 2.05) is 60.5 Å². The molecule has 1 spiro atoms. The highest BCUT2D eigenvalue weighted by molar-refractivity contribution is 8.16. The van der Waals surface area contributed by atoms with Crippen molar-refractivity contribution in [2.45, 2.75) is 17.5 Å². The van der Waals surface area contributed by atoms with Gasteiger partial charge in [0.15, 0.2) is 0 Å². The molecule has 42 heavy (non-hydrogen) atoms. The zero-order chi connectivity index (χ0) is 28.6. The van der Waals surface area contributed by atoms with Crippen LogP contribution in [0, 0.1) is 0 Å². The Hall–Kier alpha value is -4.81. The van der Waals surface area contributed by atoms with Crippen molar-refractivity contribution < 1.29 is 9.53 Å². The first kappa shape index (κ1) is 26.1. The van der Waals surface area contributed by atoms with E-state index in [-0.39, 0.29) is 6.61 Å². The fourth-order valence-corrected chi connectivity index (χ4v) is 7.72. The van der Waals surface area contributed by atoms with Crippen molar-refractivity contribution in [3.8, 4) is 0 Å². The van der Waals surface area contributed by atoms with Gasteiger partial charge in [-0.3, -0.25) is 0 Å². The molecule has 0 unspecified atom stereocenters. The molecule has 0 aliphatic carbocycles. The summed E-state index contributed by atoms with van der Waals surface area (Å²) < 4.78 is 5.53. The Bertz CT molecular complexity index is 1710. The number of hydrogen-bond acceptors (Lipinski definition) is 6. The lowest BCUT2D eigenvalue weighted by Crippen LogP contribution is -2.57. The minimum Gasteiger partial charge on any atom is -0.461 e. The van der Waals surface area contributed by atoms with E-state index in [0.717, 1.165) is 33.6 Å². The van der Waals surface area contributed by atoms with E-state index < -0.39 is 16.5 Å². The monoisotopic (exact) mass is 567 g/mol. The third-order valence-electron chi connectivity index (χ3n) is 7.87. The molecule has 2 heterocycles. The number of thioether (sulfide) groups is 1. The van der Waals surface area contributed by atoms with Gasteiger partial charge in [0.25, 0.3) is 0 Å². The second-order valence-electron chi connectivity index (χ2n) is 10.1. The molecule has 0 radical (unpaired) electrons. The van der Waals surface area contributed by atoms with Gasteiger partial charge in [0.2, 0.25) is 10.0 Å². The SMILES string of the molecule is CCOC(=O)C1=NN(c2ccccc2)[C@@]2(S1)c1ccccc1C(c1ccccc1)(c1ccccc1)N2c1ccccc1. The molecule has 0 amide bonds. The largest absolute Gasteiger partial charge is 0.461 e. The molecule has 2 aliphatic rings. The number of nitrogens with zero attached hydrogens (tertiary/aromatic N) is 3. The third-order valence-corrected chi connectivity index (χ3v) is 9.17. The first-order valence-electron chi connectivity index (χ1n) is 14.1. The lowest BCUT2D eigenvalue weighted by Gasteiger charge is -2.50. The van der Waals surface area contributed by atoms with Gasteiger partial charge in [0.1, 0.15) is 5.54 Å². The van der Waals surface area contributed by atoms with E-state index >= 15 is 0 Å². The molecule has 2 aliphatic heterocycles. The van der Waals surface area contributed by atoms with Gasteiger partial charge < -0.3 is 9.64 Å². The fraction of sp³-hybridized carbons (Fsp3) is 0.111. The molecule has 6 heteroatoms. The van der Waals surface area contributed by atoms with Gasteiger partial charge in [-0.05, 0) is 59.6 Å². The molecule has 0 fully saturated rings. The van der Waals surface area contributed by atoms with Gasteiger partial charge in [-0.25, -0.2) is 9.80 Å². The standard InChI is InChI=1S/C36H29N3O2S/c1-2-41-34(40)33-37-39(30-23-13-6-14-24-30)36(42-33)32-26-16-15-25-31(32)35(27-17-7-3-8-18-27,28-19-9-4-10-20-28)38(36)29-21-11-5-12-22-29/h3-26H,2H2,1H3/t36-/m1/s1. The van der Waals surface area contributed by atoms with E-state index in [4.69, 9.17) is 9.84 Å². The minimum absolute atomic E-state index is 0.272. The van der Waals surface area contributed by atoms with Crippen LogP contribution in [0.4, 0.5) is 11.4 Å². The number of benzene rings is 5. The van der Waals surface area contributed by atoms with Crippen molar-refractivity contribution in [2.24, 2.45) is 5.10 Å². The molecule has 0 aromatic heterocycles. The van der Waals surface area contributed by atoms with Crippen LogP contribution in [-0.4, -0.2) is 17.6 Å². The maximum absolute atomic E-state index is 13.4. The first-order valence-corrected chi connectivity index (χ1v) is 14.9. The maximum atomic E-state index is 13.4. The van der Waals surface area contributed by atoms with Crippen LogP contribution in [0.1, 0.15) is 29.2 Å². The maximum Gasteiger partial charge on any atom is 0.365 e. The number of anilines is 2. The summed E-state index contributed by atoms with van der Waals surface area (Å²) in [5.41, 5.74) is 5.51. The number of ether oxygens (including phenoxy) is 1. The topological polar surface area (TPSA) is 45.1 Å². The van der Waals surface area contributed by atoms with Crippen LogP contribution < -0.4 is 9.91 Å². The van der Waals surface area contributed by atoms with Gasteiger partial charge in [-0.1, -0.05) is 121 Å². The van der Waals surface area contributed by atoms with E-state index in [1.165, 1.54) is 11.8 Å². The van der Waals surface area contributed by atoms with Crippen LogP contribution in [0.2, 0.25) is 0 Å². The van der Waals surface area contributed by atoms with Crippen molar-refractivity contribution in [3.63, 3.8) is 0 Å². The van der Waals surface area contributed by atoms with Crippen molar-refractivity contribution in [3.05, 3.63) is 168 Å². The second kappa shape index (κ2) is 10.5. The lowest BCUT2D eigenvalue weighted by atomic mass is 9.77.